The second kappa shape index (κ2) is 6.62. The fourth-order valence-corrected chi connectivity index (χ4v) is 3.39. The number of carbonyl (C=O) groups excluding carboxylic acids is 1. The van der Waals surface area contributed by atoms with E-state index in [1.807, 2.05) is 6.07 Å². The maximum atomic E-state index is 11.8. The molecule has 0 spiro atoms. The highest BCUT2D eigenvalue weighted by molar-refractivity contribution is 7.15. The van der Waals surface area contributed by atoms with Gasteiger partial charge in [-0.3, -0.25) is 10.6 Å². The number of nitrogens with one attached hydrogen (secondary N) is 2. The number of nitrogens with zero attached hydrogens (tertiary/aromatic N) is 3. The first-order valence-corrected chi connectivity index (χ1v) is 7.95. The van der Waals surface area contributed by atoms with Gasteiger partial charge in [-0.25, -0.2) is 9.78 Å². The quantitative estimate of drug-likeness (QED) is 0.907. The molecule has 0 bridgehead atoms. The number of aromatic nitrogens is 3. The van der Waals surface area contributed by atoms with Crippen molar-refractivity contribution in [3.63, 3.8) is 0 Å². The molecule has 3 rings (SSSR count). The summed E-state index contributed by atoms with van der Waals surface area (Å²) in [5.74, 6) is 1.01. The normalized spacial score (nSPS) is 15.6. The third-order valence-corrected chi connectivity index (χ3v) is 4.52. The lowest BCUT2D eigenvalue weighted by molar-refractivity contribution is 0.262. The van der Waals surface area contributed by atoms with Gasteiger partial charge in [0, 0.05) is 12.1 Å². The van der Waals surface area contributed by atoms with E-state index in [0.717, 1.165) is 5.01 Å². The zero-order chi connectivity index (χ0) is 14.5. The third-order valence-electron chi connectivity index (χ3n) is 3.52. The Bertz CT molecular complexity index is 594. The lowest BCUT2D eigenvalue weighted by atomic mass is 9.90. The number of hydrogen-bond acceptors (Lipinski definition) is 5. The highest BCUT2D eigenvalue weighted by atomic mass is 32.1. The van der Waals surface area contributed by atoms with Gasteiger partial charge in [0.2, 0.25) is 5.13 Å². The SMILES string of the molecule is O=C(Nc1ccccn1)Nc1nnc(C2CCCCC2)s1. The van der Waals surface area contributed by atoms with Gasteiger partial charge in [-0.15, -0.1) is 10.2 Å². The molecule has 0 aliphatic heterocycles. The van der Waals surface area contributed by atoms with E-state index in [4.69, 9.17) is 0 Å². The van der Waals surface area contributed by atoms with Crippen LogP contribution in [0.25, 0.3) is 0 Å². The predicted molar refractivity (Wildman–Crippen MR) is 82.6 cm³/mol. The Morgan fingerprint density at radius 1 is 1.14 bits per heavy atom. The molecular formula is C14H17N5OS. The second-order valence-corrected chi connectivity index (χ2v) is 6.08. The number of carbonyl (C=O) groups is 1. The first-order valence-electron chi connectivity index (χ1n) is 7.14. The van der Waals surface area contributed by atoms with E-state index in [1.54, 1.807) is 18.3 Å². The summed E-state index contributed by atoms with van der Waals surface area (Å²) < 4.78 is 0. The van der Waals surface area contributed by atoms with E-state index in [0.29, 0.717) is 16.9 Å². The lowest BCUT2D eigenvalue weighted by Crippen LogP contribution is -2.19. The van der Waals surface area contributed by atoms with Crippen LogP contribution in [0.5, 0.6) is 0 Å². The van der Waals surface area contributed by atoms with E-state index in [1.165, 1.54) is 43.4 Å². The molecule has 0 aromatic carbocycles. The number of pyridine rings is 1. The second-order valence-electron chi connectivity index (χ2n) is 5.07. The Balaban J connectivity index is 1.57. The topological polar surface area (TPSA) is 79.8 Å². The molecule has 1 fully saturated rings. The largest absolute Gasteiger partial charge is 0.326 e. The lowest BCUT2D eigenvalue weighted by Gasteiger charge is -2.18. The van der Waals surface area contributed by atoms with Crippen LogP contribution in [0.3, 0.4) is 0 Å². The number of amides is 2. The molecule has 1 saturated carbocycles. The molecule has 7 heteroatoms. The summed E-state index contributed by atoms with van der Waals surface area (Å²) in [5, 5.41) is 15.2. The van der Waals surface area contributed by atoms with Crippen LogP contribution in [0, 0.1) is 0 Å². The highest BCUT2D eigenvalue weighted by Gasteiger charge is 2.20. The maximum absolute atomic E-state index is 11.8. The highest BCUT2D eigenvalue weighted by Crippen LogP contribution is 2.35. The van der Waals surface area contributed by atoms with Gasteiger partial charge in [-0.2, -0.15) is 0 Å². The number of anilines is 2. The van der Waals surface area contributed by atoms with Crippen molar-refractivity contribution in [1.29, 1.82) is 0 Å². The first kappa shape index (κ1) is 13.9. The Kier molecular flexibility index (Phi) is 4.40. The molecule has 1 aliphatic rings. The van der Waals surface area contributed by atoms with Crippen LogP contribution in [0.1, 0.15) is 43.0 Å². The minimum Gasteiger partial charge on any atom is -0.292 e. The summed E-state index contributed by atoms with van der Waals surface area (Å²) in [6.07, 6.45) is 7.80. The third kappa shape index (κ3) is 3.75. The Morgan fingerprint density at radius 3 is 2.76 bits per heavy atom. The zero-order valence-electron chi connectivity index (χ0n) is 11.6. The maximum Gasteiger partial charge on any atom is 0.326 e. The number of urea groups is 1. The van der Waals surface area contributed by atoms with E-state index in [2.05, 4.69) is 25.8 Å². The minimum atomic E-state index is -0.347. The average Bonchev–Trinajstić information content (AvgIpc) is 2.97. The first-order chi connectivity index (χ1) is 10.3. The summed E-state index contributed by atoms with van der Waals surface area (Å²) >= 11 is 1.46. The molecule has 0 saturated heterocycles. The van der Waals surface area contributed by atoms with E-state index in [9.17, 15) is 4.79 Å². The summed E-state index contributed by atoms with van der Waals surface area (Å²) in [5.41, 5.74) is 0. The predicted octanol–water partition coefficient (Wildman–Crippen LogP) is 3.62. The molecule has 0 radical (unpaired) electrons. The molecule has 0 unspecified atom stereocenters. The molecule has 110 valence electrons. The van der Waals surface area contributed by atoms with Crippen LogP contribution < -0.4 is 10.6 Å². The summed E-state index contributed by atoms with van der Waals surface area (Å²) in [6.45, 7) is 0. The Labute approximate surface area is 127 Å². The van der Waals surface area contributed by atoms with Crippen molar-refractivity contribution in [3.05, 3.63) is 29.4 Å². The van der Waals surface area contributed by atoms with Crippen molar-refractivity contribution in [2.24, 2.45) is 0 Å². The molecule has 2 aromatic rings. The van der Waals surface area contributed by atoms with Gasteiger partial charge in [0.25, 0.3) is 0 Å². The van der Waals surface area contributed by atoms with Gasteiger partial charge >= 0.3 is 6.03 Å². The van der Waals surface area contributed by atoms with Crippen LogP contribution in [0.15, 0.2) is 24.4 Å². The molecule has 0 atom stereocenters. The van der Waals surface area contributed by atoms with Gasteiger partial charge < -0.3 is 0 Å². The molecule has 6 nitrogen and oxygen atoms in total. The van der Waals surface area contributed by atoms with Crippen molar-refractivity contribution >= 4 is 28.3 Å². The standard InChI is InChI=1S/C14H17N5OS/c20-13(16-11-8-4-5-9-15-11)17-14-19-18-12(21-14)10-6-2-1-3-7-10/h4-5,8-10H,1-3,6-7H2,(H2,15,16,17,19,20). The average molecular weight is 303 g/mol. The molecule has 2 N–H and O–H groups in total. The van der Waals surface area contributed by atoms with E-state index < -0.39 is 0 Å². The van der Waals surface area contributed by atoms with Crippen molar-refractivity contribution in [2.75, 3.05) is 10.6 Å². The number of rotatable bonds is 3. The Morgan fingerprint density at radius 2 is 2.00 bits per heavy atom. The van der Waals surface area contributed by atoms with Gasteiger partial charge in [0.1, 0.15) is 10.8 Å². The van der Waals surface area contributed by atoms with Crippen LogP contribution in [0.2, 0.25) is 0 Å². The van der Waals surface area contributed by atoms with Crippen LogP contribution in [0.4, 0.5) is 15.7 Å². The van der Waals surface area contributed by atoms with Gasteiger partial charge in [-0.05, 0) is 25.0 Å². The molecule has 2 amide bonds. The van der Waals surface area contributed by atoms with Crippen molar-refractivity contribution < 1.29 is 4.79 Å². The van der Waals surface area contributed by atoms with Crippen molar-refractivity contribution in [1.82, 2.24) is 15.2 Å². The monoisotopic (exact) mass is 303 g/mol. The fraction of sp³-hybridized carbons (Fsp3) is 0.429. The summed E-state index contributed by atoms with van der Waals surface area (Å²) in [4.78, 5) is 15.9. The van der Waals surface area contributed by atoms with Crippen LogP contribution in [-0.2, 0) is 0 Å². The van der Waals surface area contributed by atoms with Gasteiger partial charge in [0.15, 0.2) is 0 Å². The zero-order valence-corrected chi connectivity index (χ0v) is 12.4. The summed E-state index contributed by atoms with van der Waals surface area (Å²) in [6, 6.07) is 4.99. The number of hydrogen-bond donors (Lipinski definition) is 2. The summed E-state index contributed by atoms with van der Waals surface area (Å²) in [7, 11) is 0. The smallest absolute Gasteiger partial charge is 0.292 e. The van der Waals surface area contributed by atoms with Crippen LogP contribution >= 0.6 is 11.3 Å². The van der Waals surface area contributed by atoms with Gasteiger partial charge in [0.05, 0.1) is 0 Å². The molecular weight excluding hydrogens is 286 g/mol. The van der Waals surface area contributed by atoms with Crippen molar-refractivity contribution in [3.8, 4) is 0 Å². The fourth-order valence-electron chi connectivity index (χ4n) is 2.48. The Hall–Kier alpha value is -2.02. The van der Waals surface area contributed by atoms with E-state index in [-0.39, 0.29) is 6.03 Å². The molecule has 2 heterocycles. The molecule has 1 aliphatic carbocycles. The van der Waals surface area contributed by atoms with Gasteiger partial charge in [-0.1, -0.05) is 36.7 Å². The van der Waals surface area contributed by atoms with E-state index >= 15 is 0 Å². The molecule has 21 heavy (non-hydrogen) atoms. The molecule has 2 aromatic heterocycles. The minimum absolute atomic E-state index is 0.347. The van der Waals surface area contributed by atoms with Crippen molar-refractivity contribution in [2.45, 2.75) is 38.0 Å². The van der Waals surface area contributed by atoms with Crippen LogP contribution in [-0.4, -0.2) is 21.2 Å².